The Labute approximate surface area is 207 Å². The Morgan fingerprint density at radius 3 is 2.00 bits per heavy atom. The van der Waals surface area contributed by atoms with Gasteiger partial charge in [0.05, 0.1) is 5.75 Å². The summed E-state index contributed by atoms with van der Waals surface area (Å²) in [6.45, 7) is 4.33. The Bertz CT molecular complexity index is 886. The zero-order valence-electron chi connectivity index (χ0n) is 17.3. The van der Waals surface area contributed by atoms with Gasteiger partial charge in [-0.15, -0.1) is 11.8 Å². The highest BCUT2D eigenvalue weighted by molar-refractivity contribution is 7.99. The van der Waals surface area contributed by atoms with Crippen LogP contribution in [-0.2, 0) is 21.9 Å². The molecular formula is C22H24Cl4N2O2S. The largest absolute Gasteiger partial charge is 0.354 e. The van der Waals surface area contributed by atoms with Crippen LogP contribution in [0.3, 0.4) is 0 Å². The van der Waals surface area contributed by atoms with Gasteiger partial charge in [0.15, 0.2) is 0 Å². The van der Waals surface area contributed by atoms with Gasteiger partial charge in [0.2, 0.25) is 11.8 Å². The van der Waals surface area contributed by atoms with Crippen molar-refractivity contribution in [3.05, 3.63) is 67.6 Å². The minimum atomic E-state index is -0.684. The van der Waals surface area contributed by atoms with Crippen molar-refractivity contribution in [3.63, 3.8) is 0 Å². The Kier molecular flexibility index (Phi) is 10.8. The van der Waals surface area contributed by atoms with E-state index in [0.29, 0.717) is 38.0 Å². The van der Waals surface area contributed by atoms with Crippen molar-refractivity contribution in [2.45, 2.75) is 38.6 Å². The minimum Gasteiger partial charge on any atom is -0.354 e. The maximum absolute atomic E-state index is 13.1. The van der Waals surface area contributed by atoms with Gasteiger partial charge in [-0.05, 0) is 43.2 Å². The summed E-state index contributed by atoms with van der Waals surface area (Å²) >= 11 is 26.4. The number of hydrogen-bond donors (Lipinski definition) is 1. The summed E-state index contributed by atoms with van der Waals surface area (Å²) in [5.41, 5.74) is 1.38. The average molecular weight is 522 g/mol. The molecule has 0 fully saturated rings. The lowest BCUT2D eigenvalue weighted by Gasteiger charge is -2.29. The Hall–Kier alpha value is -1.11. The number of hydrogen-bond acceptors (Lipinski definition) is 3. The standard InChI is InChI=1S/C22H24Cl4N2O2S/c1-3-10-27-22(30)14(2)28(11-15-17(23)6-4-7-18(15)24)21(29)13-31-12-16-19(25)8-5-9-20(16)26/h4-9,14H,3,10-13H2,1-2H3,(H,27,30)/t14-/m1/s1. The molecule has 0 spiro atoms. The van der Waals surface area contributed by atoms with Gasteiger partial charge in [-0.25, -0.2) is 0 Å². The molecule has 0 aromatic heterocycles. The van der Waals surface area contributed by atoms with Crippen LogP contribution in [0.15, 0.2) is 36.4 Å². The predicted octanol–water partition coefficient (Wildman–Crippen LogP) is 6.48. The number of halogens is 4. The summed E-state index contributed by atoms with van der Waals surface area (Å²) in [4.78, 5) is 27.2. The summed E-state index contributed by atoms with van der Waals surface area (Å²) in [6.07, 6.45) is 0.803. The lowest BCUT2D eigenvalue weighted by Crippen LogP contribution is -2.48. The molecule has 0 saturated heterocycles. The Balaban J connectivity index is 2.16. The molecule has 4 nitrogen and oxygen atoms in total. The Morgan fingerprint density at radius 2 is 1.48 bits per heavy atom. The van der Waals surface area contributed by atoms with Gasteiger partial charge in [0, 0.05) is 44.5 Å². The van der Waals surface area contributed by atoms with Crippen LogP contribution in [-0.4, -0.2) is 35.1 Å². The number of carbonyl (C=O) groups excluding carboxylic acids is 2. The smallest absolute Gasteiger partial charge is 0.242 e. The van der Waals surface area contributed by atoms with Crippen LogP contribution in [0.2, 0.25) is 20.1 Å². The summed E-state index contributed by atoms with van der Waals surface area (Å²) in [7, 11) is 0. The molecule has 2 rings (SSSR count). The van der Waals surface area contributed by atoms with Crippen molar-refractivity contribution >= 4 is 70.0 Å². The van der Waals surface area contributed by atoms with Crippen LogP contribution >= 0.6 is 58.2 Å². The summed E-state index contributed by atoms with van der Waals surface area (Å²) in [6, 6.07) is 9.77. The molecule has 0 aliphatic rings. The van der Waals surface area contributed by atoms with Crippen LogP contribution in [0.1, 0.15) is 31.4 Å². The molecule has 0 unspecified atom stereocenters. The predicted molar refractivity (Wildman–Crippen MR) is 132 cm³/mol. The molecule has 0 bridgehead atoms. The van der Waals surface area contributed by atoms with E-state index < -0.39 is 6.04 Å². The molecule has 0 radical (unpaired) electrons. The monoisotopic (exact) mass is 520 g/mol. The summed E-state index contributed by atoms with van der Waals surface area (Å²) in [5, 5.41) is 4.84. The second-order valence-corrected chi connectivity index (χ2v) is 9.50. The lowest BCUT2D eigenvalue weighted by molar-refractivity contribution is -0.138. The fraction of sp³-hybridized carbons (Fsp3) is 0.364. The van der Waals surface area contributed by atoms with Crippen molar-refractivity contribution in [2.24, 2.45) is 0 Å². The van der Waals surface area contributed by atoms with E-state index in [2.05, 4.69) is 5.32 Å². The molecule has 31 heavy (non-hydrogen) atoms. The Morgan fingerprint density at radius 1 is 0.968 bits per heavy atom. The molecule has 2 amide bonds. The quantitative estimate of drug-likeness (QED) is 0.389. The van der Waals surface area contributed by atoms with E-state index in [0.717, 1.165) is 12.0 Å². The first-order chi connectivity index (χ1) is 14.8. The highest BCUT2D eigenvalue weighted by Gasteiger charge is 2.27. The second kappa shape index (κ2) is 12.8. The second-order valence-electron chi connectivity index (χ2n) is 6.88. The van der Waals surface area contributed by atoms with E-state index in [-0.39, 0.29) is 24.1 Å². The van der Waals surface area contributed by atoms with Crippen molar-refractivity contribution in [3.8, 4) is 0 Å². The topological polar surface area (TPSA) is 49.4 Å². The zero-order valence-corrected chi connectivity index (χ0v) is 21.1. The maximum Gasteiger partial charge on any atom is 0.242 e. The van der Waals surface area contributed by atoms with Crippen molar-refractivity contribution in [2.75, 3.05) is 12.3 Å². The zero-order chi connectivity index (χ0) is 23.0. The van der Waals surface area contributed by atoms with Gasteiger partial charge in [0.1, 0.15) is 6.04 Å². The number of nitrogens with zero attached hydrogens (tertiary/aromatic N) is 1. The van der Waals surface area contributed by atoms with Gasteiger partial charge in [-0.3, -0.25) is 9.59 Å². The molecule has 0 saturated carbocycles. The number of thioether (sulfide) groups is 1. The SMILES string of the molecule is CCCNC(=O)[C@@H](C)N(Cc1c(Cl)cccc1Cl)C(=O)CSCc1c(Cl)cccc1Cl. The molecule has 1 atom stereocenters. The van der Waals surface area contributed by atoms with E-state index in [9.17, 15) is 9.59 Å². The molecule has 2 aromatic carbocycles. The van der Waals surface area contributed by atoms with E-state index in [4.69, 9.17) is 46.4 Å². The lowest BCUT2D eigenvalue weighted by atomic mass is 10.1. The third-order valence-corrected chi connectivity index (χ3v) is 7.00. The van der Waals surface area contributed by atoms with E-state index in [1.54, 1.807) is 43.3 Å². The molecule has 0 aliphatic heterocycles. The first-order valence-electron chi connectivity index (χ1n) is 9.76. The molecular weight excluding hydrogens is 498 g/mol. The third kappa shape index (κ3) is 7.47. The highest BCUT2D eigenvalue weighted by atomic mass is 35.5. The van der Waals surface area contributed by atoms with Crippen LogP contribution < -0.4 is 5.32 Å². The fourth-order valence-corrected chi connectivity index (χ4v) is 4.99. The molecule has 1 N–H and O–H groups in total. The highest BCUT2D eigenvalue weighted by Crippen LogP contribution is 2.29. The van der Waals surface area contributed by atoms with Crippen LogP contribution in [0.25, 0.3) is 0 Å². The summed E-state index contributed by atoms with van der Waals surface area (Å²) < 4.78 is 0. The molecule has 0 aliphatic carbocycles. The first-order valence-corrected chi connectivity index (χ1v) is 12.4. The minimum absolute atomic E-state index is 0.130. The van der Waals surface area contributed by atoms with E-state index in [1.165, 1.54) is 16.7 Å². The van der Waals surface area contributed by atoms with Gasteiger partial charge in [-0.2, -0.15) is 0 Å². The average Bonchev–Trinajstić information content (AvgIpc) is 2.73. The van der Waals surface area contributed by atoms with Crippen molar-refractivity contribution in [1.82, 2.24) is 10.2 Å². The fourth-order valence-electron chi connectivity index (χ4n) is 2.83. The maximum atomic E-state index is 13.1. The van der Waals surface area contributed by atoms with Crippen molar-refractivity contribution in [1.29, 1.82) is 0 Å². The molecule has 2 aromatic rings. The van der Waals surface area contributed by atoms with Crippen LogP contribution in [0.5, 0.6) is 0 Å². The van der Waals surface area contributed by atoms with Crippen molar-refractivity contribution < 1.29 is 9.59 Å². The normalized spacial score (nSPS) is 11.8. The number of rotatable bonds is 10. The van der Waals surface area contributed by atoms with E-state index in [1.807, 2.05) is 6.92 Å². The molecule has 168 valence electrons. The third-order valence-electron chi connectivity index (χ3n) is 4.64. The van der Waals surface area contributed by atoms with Crippen LogP contribution in [0.4, 0.5) is 0 Å². The number of carbonyl (C=O) groups is 2. The van der Waals surface area contributed by atoms with Crippen LogP contribution in [0, 0.1) is 0 Å². The van der Waals surface area contributed by atoms with Gasteiger partial charge < -0.3 is 10.2 Å². The molecule has 0 heterocycles. The number of amides is 2. The first kappa shape index (κ1) is 26.1. The van der Waals surface area contributed by atoms with Gasteiger partial charge in [0.25, 0.3) is 0 Å². The van der Waals surface area contributed by atoms with E-state index >= 15 is 0 Å². The number of nitrogens with one attached hydrogen (secondary N) is 1. The number of benzene rings is 2. The summed E-state index contributed by atoms with van der Waals surface area (Å²) in [5.74, 6) is 0.192. The molecule has 9 heteroatoms. The van der Waals surface area contributed by atoms with Gasteiger partial charge in [-0.1, -0.05) is 65.5 Å². The van der Waals surface area contributed by atoms with Gasteiger partial charge >= 0.3 is 0 Å².